The molecular formula is C17H16FN5O3. The number of carbonyl (C=O) groups excluding carboxylic acids is 1. The molecule has 0 aliphatic heterocycles. The molecule has 0 saturated carbocycles. The van der Waals surface area contributed by atoms with E-state index in [2.05, 4.69) is 20.8 Å². The highest BCUT2D eigenvalue weighted by atomic mass is 19.1. The molecule has 0 bridgehead atoms. The molecule has 0 fully saturated rings. The van der Waals surface area contributed by atoms with Crippen LogP contribution in [-0.4, -0.2) is 40.3 Å². The summed E-state index contributed by atoms with van der Waals surface area (Å²) in [6, 6.07) is 10.7. The van der Waals surface area contributed by atoms with Gasteiger partial charge in [-0.15, -0.1) is 5.10 Å². The molecule has 8 nitrogen and oxygen atoms in total. The fourth-order valence-corrected chi connectivity index (χ4v) is 2.36. The van der Waals surface area contributed by atoms with E-state index in [4.69, 9.17) is 9.47 Å². The van der Waals surface area contributed by atoms with E-state index < -0.39 is 5.82 Å². The summed E-state index contributed by atoms with van der Waals surface area (Å²) in [5.74, 6) is 0.603. The summed E-state index contributed by atoms with van der Waals surface area (Å²) >= 11 is 0. The molecule has 1 N–H and O–H groups in total. The normalized spacial score (nSPS) is 10.4. The van der Waals surface area contributed by atoms with Gasteiger partial charge in [-0.05, 0) is 46.8 Å². The second-order valence-electron chi connectivity index (χ2n) is 5.24. The van der Waals surface area contributed by atoms with Crippen molar-refractivity contribution >= 4 is 5.91 Å². The Bertz CT molecular complexity index is 928. The van der Waals surface area contributed by atoms with Crippen LogP contribution in [-0.2, 0) is 6.54 Å². The molecule has 2 aromatic carbocycles. The van der Waals surface area contributed by atoms with Crippen molar-refractivity contribution in [2.75, 3.05) is 14.2 Å². The zero-order valence-electron chi connectivity index (χ0n) is 14.1. The molecule has 0 saturated heterocycles. The van der Waals surface area contributed by atoms with Gasteiger partial charge >= 0.3 is 0 Å². The van der Waals surface area contributed by atoms with Gasteiger partial charge < -0.3 is 14.8 Å². The molecule has 3 rings (SSSR count). The van der Waals surface area contributed by atoms with Crippen LogP contribution in [0.5, 0.6) is 11.5 Å². The van der Waals surface area contributed by atoms with E-state index in [-0.39, 0.29) is 12.5 Å². The highest BCUT2D eigenvalue weighted by molar-refractivity contribution is 5.94. The van der Waals surface area contributed by atoms with Crippen molar-refractivity contribution in [2.45, 2.75) is 6.54 Å². The van der Waals surface area contributed by atoms with Gasteiger partial charge in [0.25, 0.3) is 5.91 Å². The average Bonchev–Trinajstić information content (AvgIpc) is 3.14. The lowest BCUT2D eigenvalue weighted by Gasteiger charge is -2.10. The van der Waals surface area contributed by atoms with Gasteiger partial charge in [0, 0.05) is 5.56 Å². The van der Waals surface area contributed by atoms with Gasteiger partial charge in [-0.25, -0.2) is 4.39 Å². The molecule has 3 aromatic rings. The number of carbonyl (C=O) groups is 1. The molecule has 0 radical (unpaired) electrons. The number of rotatable bonds is 6. The Hall–Kier alpha value is -3.49. The van der Waals surface area contributed by atoms with Crippen LogP contribution >= 0.6 is 0 Å². The minimum atomic E-state index is -0.404. The number of benzene rings is 2. The third-order valence-electron chi connectivity index (χ3n) is 3.64. The van der Waals surface area contributed by atoms with Gasteiger partial charge in [-0.1, -0.05) is 6.07 Å². The third kappa shape index (κ3) is 3.61. The quantitative estimate of drug-likeness (QED) is 0.723. The summed E-state index contributed by atoms with van der Waals surface area (Å²) in [6.45, 7) is 0.0662. The molecule has 9 heteroatoms. The maximum absolute atomic E-state index is 13.4. The number of ether oxygens (including phenoxy) is 2. The van der Waals surface area contributed by atoms with E-state index in [1.807, 2.05) is 0 Å². The number of hydrogen-bond donors (Lipinski definition) is 1. The van der Waals surface area contributed by atoms with E-state index in [9.17, 15) is 9.18 Å². The van der Waals surface area contributed by atoms with Crippen LogP contribution in [0.1, 0.15) is 16.2 Å². The highest BCUT2D eigenvalue weighted by Gasteiger charge is 2.13. The Morgan fingerprint density at radius 3 is 2.69 bits per heavy atom. The zero-order valence-corrected chi connectivity index (χ0v) is 14.1. The summed E-state index contributed by atoms with van der Waals surface area (Å²) in [5.41, 5.74) is 0.859. The van der Waals surface area contributed by atoms with Crippen LogP contribution in [0, 0.1) is 5.82 Å². The number of halogens is 1. The SMILES string of the molecule is COc1ccc(C(=O)NCc2nnnn2-c2cccc(F)c2)cc1OC. The van der Waals surface area contributed by atoms with Crippen LogP contribution in [0.25, 0.3) is 5.69 Å². The summed E-state index contributed by atoms with van der Waals surface area (Å²) in [4.78, 5) is 12.4. The topological polar surface area (TPSA) is 91.2 Å². The number of tetrazole rings is 1. The molecular weight excluding hydrogens is 341 g/mol. The lowest BCUT2D eigenvalue weighted by molar-refractivity contribution is 0.0949. The van der Waals surface area contributed by atoms with Crippen molar-refractivity contribution < 1.29 is 18.7 Å². The molecule has 0 unspecified atom stereocenters. The van der Waals surface area contributed by atoms with Gasteiger partial charge in [0.1, 0.15) is 5.82 Å². The fourth-order valence-electron chi connectivity index (χ4n) is 2.36. The summed E-state index contributed by atoms with van der Waals surface area (Å²) in [7, 11) is 3.01. The number of nitrogens with one attached hydrogen (secondary N) is 1. The first kappa shape index (κ1) is 17.3. The minimum absolute atomic E-state index is 0.0662. The Labute approximate surface area is 148 Å². The van der Waals surface area contributed by atoms with Gasteiger partial charge in [-0.3, -0.25) is 4.79 Å². The monoisotopic (exact) mass is 357 g/mol. The van der Waals surface area contributed by atoms with Crippen LogP contribution in [0.3, 0.4) is 0 Å². The van der Waals surface area contributed by atoms with Gasteiger partial charge in [-0.2, -0.15) is 4.68 Å². The first-order valence-electron chi connectivity index (χ1n) is 7.66. The van der Waals surface area contributed by atoms with Crippen LogP contribution < -0.4 is 14.8 Å². The van der Waals surface area contributed by atoms with E-state index in [0.29, 0.717) is 28.6 Å². The first-order valence-corrected chi connectivity index (χ1v) is 7.66. The average molecular weight is 357 g/mol. The molecule has 1 aromatic heterocycles. The Kier molecular flexibility index (Phi) is 5.07. The minimum Gasteiger partial charge on any atom is -0.493 e. The molecule has 26 heavy (non-hydrogen) atoms. The van der Waals surface area contributed by atoms with Crippen LogP contribution in [0.2, 0.25) is 0 Å². The smallest absolute Gasteiger partial charge is 0.251 e. The number of aromatic nitrogens is 4. The Morgan fingerprint density at radius 1 is 1.15 bits per heavy atom. The number of amides is 1. The summed E-state index contributed by atoms with van der Waals surface area (Å²) in [6.07, 6.45) is 0. The van der Waals surface area contributed by atoms with Crippen LogP contribution in [0.15, 0.2) is 42.5 Å². The number of nitrogens with zero attached hydrogens (tertiary/aromatic N) is 4. The van der Waals surface area contributed by atoms with Crippen LogP contribution in [0.4, 0.5) is 4.39 Å². The van der Waals surface area contributed by atoms with Crippen molar-refractivity contribution in [3.63, 3.8) is 0 Å². The molecule has 134 valence electrons. The second kappa shape index (κ2) is 7.60. The second-order valence-corrected chi connectivity index (χ2v) is 5.24. The Balaban J connectivity index is 1.74. The number of methoxy groups -OCH3 is 2. The van der Waals surface area contributed by atoms with Gasteiger partial charge in [0.2, 0.25) is 0 Å². The summed E-state index contributed by atoms with van der Waals surface area (Å²) in [5, 5.41) is 14.0. The van der Waals surface area contributed by atoms with E-state index in [1.54, 1.807) is 30.3 Å². The molecule has 0 aliphatic carbocycles. The van der Waals surface area contributed by atoms with E-state index >= 15 is 0 Å². The first-order chi connectivity index (χ1) is 12.6. The van der Waals surface area contributed by atoms with Gasteiger partial charge in [0.05, 0.1) is 26.5 Å². The lowest BCUT2D eigenvalue weighted by atomic mass is 10.2. The maximum Gasteiger partial charge on any atom is 0.251 e. The molecule has 0 spiro atoms. The third-order valence-corrected chi connectivity index (χ3v) is 3.64. The Morgan fingerprint density at radius 2 is 1.96 bits per heavy atom. The van der Waals surface area contributed by atoms with E-state index in [1.165, 1.54) is 31.0 Å². The maximum atomic E-state index is 13.4. The van der Waals surface area contributed by atoms with Gasteiger partial charge in [0.15, 0.2) is 17.3 Å². The standard InChI is InChI=1S/C17H16FN5O3/c1-25-14-7-6-11(8-15(14)26-2)17(24)19-10-16-20-21-22-23(16)13-5-3-4-12(18)9-13/h3-9H,10H2,1-2H3,(H,19,24). The molecule has 1 heterocycles. The fraction of sp³-hybridized carbons (Fsp3) is 0.176. The largest absolute Gasteiger partial charge is 0.493 e. The lowest BCUT2D eigenvalue weighted by Crippen LogP contribution is -2.24. The van der Waals surface area contributed by atoms with Crippen molar-refractivity contribution in [1.82, 2.24) is 25.5 Å². The number of hydrogen-bond acceptors (Lipinski definition) is 6. The molecule has 0 aliphatic rings. The van der Waals surface area contributed by atoms with Crippen molar-refractivity contribution in [1.29, 1.82) is 0 Å². The molecule has 0 atom stereocenters. The van der Waals surface area contributed by atoms with E-state index in [0.717, 1.165) is 0 Å². The predicted molar refractivity (Wildman–Crippen MR) is 89.8 cm³/mol. The predicted octanol–water partition coefficient (Wildman–Crippen LogP) is 1.75. The highest BCUT2D eigenvalue weighted by Crippen LogP contribution is 2.27. The zero-order chi connectivity index (χ0) is 18.5. The van der Waals surface area contributed by atoms with Crippen molar-refractivity contribution in [2.24, 2.45) is 0 Å². The summed E-state index contributed by atoms with van der Waals surface area (Å²) < 4.78 is 25.1. The van der Waals surface area contributed by atoms with Crippen molar-refractivity contribution in [3.8, 4) is 17.2 Å². The van der Waals surface area contributed by atoms with Crippen molar-refractivity contribution in [3.05, 3.63) is 59.7 Å². The molecule has 1 amide bonds.